The maximum atomic E-state index is 13.3. The maximum absolute atomic E-state index is 13.3. The zero-order chi connectivity index (χ0) is 23.3. The third-order valence-corrected chi connectivity index (χ3v) is 4.87. The molecule has 1 aliphatic rings. The molecule has 168 valence electrons. The second kappa shape index (κ2) is 9.73. The van der Waals surface area contributed by atoms with Gasteiger partial charge in [-0.3, -0.25) is 9.69 Å². The van der Waals surface area contributed by atoms with Crippen molar-refractivity contribution in [1.29, 1.82) is 0 Å². The first kappa shape index (κ1) is 23.1. The standard InChI is InChI=1S/C26H29NO5/c1-26(2,3)32-25(29)27-16-20(14-18-6-10-22(30-4)11-7-18)24(28)21(17-27)15-19-8-12-23(31-5)13-9-19/h6-15H,16-17H2,1-5H3/b20-14+,21-15+. The van der Waals surface area contributed by atoms with E-state index in [0.29, 0.717) is 11.1 Å². The second-order valence-corrected chi connectivity index (χ2v) is 8.55. The molecular formula is C26H29NO5. The summed E-state index contributed by atoms with van der Waals surface area (Å²) in [5.74, 6) is 1.38. The van der Waals surface area contributed by atoms with Crippen LogP contribution in [0.25, 0.3) is 12.2 Å². The average molecular weight is 436 g/mol. The number of amides is 1. The fraction of sp³-hybridized carbons (Fsp3) is 0.308. The van der Waals surface area contributed by atoms with Gasteiger partial charge in [-0.2, -0.15) is 0 Å². The predicted molar refractivity (Wildman–Crippen MR) is 125 cm³/mol. The monoisotopic (exact) mass is 435 g/mol. The Hall–Kier alpha value is -3.54. The summed E-state index contributed by atoms with van der Waals surface area (Å²) in [5, 5.41) is 0. The van der Waals surface area contributed by atoms with Crippen molar-refractivity contribution in [3.8, 4) is 11.5 Å². The van der Waals surface area contributed by atoms with Gasteiger partial charge in [0.25, 0.3) is 0 Å². The number of carbonyl (C=O) groups excluding carboxylic acids is 2. The summed E-state index contributed by atoms with van der Waals surface area (Å²) in [5.41, 5.74) is 2.12. The minimum absolute atomic E-state index is 0.0866. The lowest BCUT2D eigenvalue weighted by Crippen LogP contribution is -2.44. The van der Waals surface area contributed by atoms with E-state index in [0.717, 1.165) is 22.6 Å². The van der Waals surface area contributed by atoms with Crippen molar-refractivity contribution in [3.05, 3.63) is 70.8 Å². The zero-order valence-corrected chi connectivity index (χ0v) is 19.2. The molecule has 1 saturated heterocycles. The second-order valence-electron chi connectivity index (χ2n) is 8.55. The molecule has 1 heterocycles. The molecule has 2 aromatic carbocycles. The summed E-state index contributed by atoms with van der Waals surface area (Å²) in [6.45, 7) is 5.83. The number of benzene rings is 2. The number of hydrogen-bond acceptors (Lipinski definition) is 5. The normalized spacial score (nSPS) is 16.9. The summed E-state index contributed by atoms with van der Waals surface area (Å²) in [4.78, 5) is 27.6. The number of ketones is 1. The summed E-state index contributed by atoms with van der Waals surface area (Å²) < 4.78 is 16.0. The van der Waals surface area contributed by atoms with E-state index in [2.05, 4.69) is 0 Å². The summed E-state index contributed by atoms with van der Waals surface area (Å²) in [6, 6.07) is 14.8. The SMILES string of the molecule is COc1ccc(/C=C2\CN(C(=O)OC(C)(C)C)C/C(=C\c3ccc(OC)cc3)C2=O)cc1. The first-order valence-electron chi connectivity index (χ1n) is 10.4. The van der Waals surface area contributed by atoms with Crippen LogP contribution in [-0.4, -0.2) is 49.7 Å². The molecule has 0 aromatic heterocycles. The molecule has 2 aromatic rings. The molecular weight excluding hydrogens is 406 g/mol. The van der Waals surface area contributed by atoms with E-state index in [9.17, 15) is 9.59 Å². The van der Waals surface area contributed by atoms with Crippen LogP contribution in [0, 0.1) is 0 Å². The first-order valence-corrected chi connectivity index (χ1v) is 10.4. The number of methoxy groups -OCH3 is 2. The van der Waals surface area contributed by atoms with Gasteiger partial charge in [0.05, 0.1) is 27.3 Å². The van der Waals surface area contributed by atoms with Gasteiger partial charge in [0.1, 0.15) is 17.1 Å². The Labute approximate surface area is 189 Å². The Balaban J connectivity index is 1.95. The molecule has 0 atom stereocenters. The highest BCUT2D eigenvalue weighted by Gasteiger charge is 2.31. The van der Waals surface area contributed by atoms with Crippen LogP contribution in [0.3, 0.4) is 0 Å². The van der Waals surface area contributed by atoms with Gasteiger partial charge >= 0.3 is 6.09 Å². The van der Waals surface area contributed by atoms with Crippen LogP contribution in [0.15, 0.2) is 59.7 Å². The summed E-state index contributed by atoms with van der Waals surface area (Å²) >= 11 is 0. The molecule has 1 aliphatic heterocycles. The van der Waals surface area contributed by atoms with Crippen molar-refractivity contribution in [2.24, 2.45) is 0 Å². The van der Waals surface area contributed by atoms with Crippen LogP contribution in [0.2, 0.25) is 0 Å². The largest absolute Gasteiger partial charge is 0.497 e. The Morgan fingerprint density at radius 3 is 1.56 bits per heavy atom. The summed E-state index contributed by atoms with van der Waals surface area (Å²) in [7, 11) is 3.21. The van der Waals surface area contributed by atoms with Crippen molar-refractivity contribution < 1.29 is 23.8 Å². The van der Waals surface area contributed by atoms with E-state index < -0.39 is 11.7 Å². The average Bonchev–Trinajstić information content (AvgIpc) is 2.76. The fourth-order valence-electron chi connectivity index (χ4n) is 3.30. The highest BCUT2D eigenvalue weighted by Crippen LogP contribution is 2.25. The van der Waals surface area contributed by atoms with Gasteiger partial charge in [-0.15, -0.1) is 0 Å². The number of nitrogens with zero attached hydrogens (tertiary/aromatic N) is 1. The van der Waals surface area contributed by atoms with Crippen molar-refractivity contribution in [2.45, 2.75) is 26.4 Å². The Bertz CT molecular complexity index is 958. The minimum atomic E-state index is -0.627. The molecule has 32 heavy (non-hydrogen) atoms. The maximum Gasteiger partial charge on any atom is 0.410 e. The fourth-order valence-corrected chi connectivity index (χ4v) is 3.30. The molecule has 0 radical (unpaired) electrons. The van der Waals surface area contributed by atoms with E-state index in [-0.39, 0.29) is 18.9 Å². The lowest BCUT2D eigenvalue weighted by atomic mass is 9.94. The van der Waals surface area contributed by atoms with Crippen molar-refractivity contribution in [3.63, 3.8) is 0 Å². The Kier molecular flexibility index (Phi) is 7.03. The van der Waals surface area contributed by atoms with Crippen LogP contribution in [-0.2, 0) is 9.53 Å². The third-order valence-electron chi connectivity index (χ3n) is 4.87. The van der Waals surface area contributed by atoms with Gasteiger partial charge in [-0.1, -0.05) is 24.3 Å². The Morgan fingerprint density at radius 1 is 0.812 bits per heavy atom. The quantitative estimate of drug-likeness (QED) is 0.633. The van der Waals surface area contributed by atoms with Crippen molar-refractivity contribution in [2.75, 3.05) is 27.3 Å². The molecule has 0 spiro atoms. The highest BCUT2D eigenvalue weighted by atomic mass is 16.6. The predicted octanol–water partition coefficient (Wildman–Crippen LogP) is 4.99. The highest BCUT2D eigenvalue weighted by molar-refractivity contribution is 6.15. The van der Waals surface area contributed by atoms with Crippen LogP contribution in [0.4, 0.5) is 4.79 Å². The van der Waals surface area contributed by atoms with Gasteiger partial charge in [-0.25, -0.2) is 4.79 Å². The van der Waals surface area contributed by atoms with Crippen LogP contribution < -0.4 is 9.47 Å². The van der Waals surface area contributed by atoms with E-state index >= 15 is 0 Å². The van der Waals surface area contributed by atoms with Crippen molar-refractivity contribution in [1.82, 2.24) is 4.90 Å². The van der Waals surface area contributed by atoms with Crippen LogP contribution in [0.5, 0.6) is 11.5 Å². The number of ether oxygens (including phenoxy) is 3. The molecule has 6 nitrogen and oxygen atoms in total. The number of hydrogen-bond donors (Lipinski definition) is 0. The molecule has 3 rings (SSSR count). The van der Waals surface area contributed by atoms with Gasteiger partial charge < -0.3 is 14.2 Å². The lowest BCUT2D eigenvalue weighted by Gasteiger charge is -2.32. The topological polar surface area (TPSA) is 65.1 Å². The van der Waals surface area contributed by atoms with Crippen molar-refractivity contribution >= 4 is 24.0 Å². The van der Waals surface area contributed by atoms with E-state index in [1.807, 2.05) is 69.3 Å². The molecule has 0 saturated carbocycles. The van der Waals surface area contributed by atoms with Gasteiger partial charge in [0.2, 0.25) is 0 Å². The van der Waals surface area contributed by atoms with E-state index in [1.165, 1.54) is 0 Å². The number of carbonyl (C=O) groups is 2. The molecule has 1 amide bonds. The number of piperidine rings is 1. The first-order chi connectivity index (χ1) is 15.2. The third kappa shape index (κ3) is 6.00. The summed E-state index contributed by atoms with van der Waals surface area (Å²) in [6.07, 6.45) is 3.16. The molecule has 6 heteroatoms. The minimum Gasteiger partial charge on any atom is -0.497 e. The van der Waals surface area contributed by atoms with E-state index in [1.54, 1.807) is 31.3 Å². The molecule has 0 unspecified atom stereocenters. The molecule has 1 fully saturated rings. The molecule has 0 aliphatic carbocycles. The van der Waals surface area contributed by atoms with Gasteiger partial charge in [-0.05, 0) is 68.3 Å². The van der Waals surface area contributed by atoms with Crippen LogP contribution in [0.1, 0.15) is 31.9 Å². The van der Waals surface area contributed by atoms with Gasteiger partial charge in [0, 0.05) is 11.1 Å². The Morgan fingerprint density at radius 2 is 1.22 bits per heavy atom. The number of Topliss-reactive ketones (excluding diaryl/α,β-unsaturated/α-hetero) is 1. The van der Waals surface area contributed by atoms with E-state index in [4.69, 9.17) is 14.2 Å². The van der Waals surface area contributed by atoms with Crippen LogP contribution >= 0.6 is 0 Å². The number of rotatable bonds is 4. The molecule has 0 bridgehead atoms. The van der Waals surface area contributed by atoms with Gasteiger partial charge in [0.15, 0.2) is 5.78 Å². The number of likely N-dealkylation sites (tertiary alicyclic amines) is 1. The smallest absolute Gasteiger partial charge is 0.410 e. The molecule has 0 N–H and O–H groups in total. The lowest BCUT2D eigenvalue weighted by molar-refractivity contribution is -0.113. The zero-order valence-electron chi connectivity index (χ0n) is 19.2.